The van der Waals surface area contributed by atoms with E-state index in [0.717, 1.165) is 24.7 Å². The highest BCUT2D eigenvalue weighted by Gasteiger charge is 2.01. The molecule has 0 saturated carbocycles. The fourth-order valence-corrected chi connectivity index (χ4v) is 1.51. The predicted octanol–water partition coefficient (Wildman–Crippen LogP) is 2.53. The van der Waals surface area contributed by atoms with Crippen molar-refractivity contribution >= 4 is 11.6 Å². The smallest absolute Gasteiger partial charge is 0.182 e. The van der Waals surface area contributed by atoms with Gasteiger partial charge in [0.15, 0.2) is 6.19 Å². The van der Waals surface area contributed by atoms with Crippen LogP contribution in [0.5, 0.6) is 0 Å². The van der Waals surface area contributed by atoms with Gasteiger partial charge in [0, 0.05) is 12.6 Å². The van der Waals surface area contributed by atoms with Gasteiger partial charge in [-0.15, -0.1) is 0 Å². The number of nitrogens with one attached hydrogen (secondary N) is 2. The summed E-state index contributed by atoms with van der Waals surface area (Å²) in [6.45, 7) is 7.12. The van der Waals surface area contributed by atoms with Gasteiger partial charge in [-0.3, -0.25) is 5.32 Å². The zero-order chi connectivity index (χ0) is 12.7. The first-order valence-electron chi connectivity index (χ1n) is 5.86. The van der Waals surface area contributed by atoms with Crippen LogP contribution in [0.2, 0.25) is 0 Å². The molecule has 0 unspecified atom stereocenters. The van der Waals surface area contributed by atoms with Crippen LogP contribution in [0.25, 0.3) is 0 Å². The van der Waals surface area contributed by atoms with E-state index < -0.39 is 0 Å². The molecule has 0 amide bonds. The number of hydrogen-bond acceptors (Lipinski definition) is 5. The highest BCUT2D eigenvalue weighted by atomic mass is 15.1. The Hall–Kier alpha value is -1.83. The van der Waals surface area contributed by atoms with Crippen LogP contribution in [0.3, 0.4) is 0 Å². The maximum absolute atomic E-state index is 8.53. The molecule has 0 aliphatic carbocycles. The van der Waals surface area contributed by atoms with Crippen molar-refractivity contribution in [2.75, 3.05) is 17.2 Å². The number of nitrogens with zero attached hydrogens (tertiary/aromatic N) is 3. The van der Waals surface area contributed by atoms with E-state index in [4.69, 9.17) is 5.26 Å². The first kappa shape index (κ1) is 13.2. The summed E-state index contributed by atoms with van der Waals surface area (Å²) in [6, 6.07) is 1.74. The maximum Gasteiger partial charge on any atom is 0.182 e. The number of aromatic nitrogens is 2. The fraction of sp³-hybridized carbons (Fsp3) is 0.583. The maximum atomic E-state index is 8.53. The lowest BCUT2D eigenvalue weighted by atomic mass is 10.1. The SMILES string of the molecule is Cc1nc(NC#N)cc(NCCCC(C)C)n1. The molecule has 1 heterocycles. The van der Waals surface area contributed by atoms with Crippen LogP contribution in [0, 0.1) is 24.3 Å². The highest BCUT2D eigenvalue weighted by Crippen LogP contribution is 2.11. The third kappa shape index (κ3) is 5.16. The first-order chi connectivity index (χ1) is 8.11. The van der Waals surface area contributed by atoms with Gasteiger partial charge < -0.3 is 5.32 Å². The second-order valence-corrected chi connectivity index (χ2v) is 4.39. The first-order valence-corrected chi connectivity index (χ1v) is 5.86. The van der Waals surface area contributed by atoms with Crippen molar-refractivity contribution in [2.24, 2.45) is 5.92 Å². The number of nitriles is 1. The number of anilines is 2. The Balaban J connectivity index is 2.50. The number of rotatable bonds is 6. The number of aryl methyl sites for hydroxylation is 1. The van der Waals surface area contributed by atoms with Gasteiger partial charge in [0.25, 0.3) is 0 Å². The van der Waals surface area contributed by atoms with Crippen LogP contribution in [-0.2, 0) is 0 Å². The molecule has 5 heteroatoms. The summed E-state index contributed by atoms with van der Waals surface area (Å²) in [6.07, 6.45) is 4.16. The van der Waals surface area contributed by atoms with E-state index in [9.17, 15) is 0 Å². The van der Waals surface area contributed by atoms with Crippen molar-refractivity contribution in [2.45, 2.75) is 33.6 Å². The van der Waals surface area contributed by atoms with E-state index in [2.05, 4.69) is 34.4 Å². The normalized spacial score (nSPS) is 10.1. The van der Waals surface area contributed by atoms with Gasteiger partial charge >= 0.3 is 0 Å². The molecular weight excluding hydrogens is 214 g/mol. The average Bonchev–Trinajstić information content (AvgIpc) is 2.24. The van der Waals surface area contributed by atoms with Crippen molar-refractivity contribution in [1.82, 2.24) is 9.97 Å². The topological polar surface area (TPSA) is 73.6 Å². The molecule has 1 rings (SSSR count). The summed E-state index contributed by atoms with van der Waals surface area (Å²) in [5.41, 5.74) is 0. The largest absolute Gasteiger partial charge is 0.370 e. The van der Waals surface area contributed by atoms with Crippen LogP contribution >= 0.6 is 0 Å². The Morgan fingerprint density at radius 1 is 1.35 bits per heavy atom. The minimum absolute atomic E-state index is 0.534. The van der Waals surface area contributed by atoms with Crippen LogP contribution < -0.4 is 10.6 Å². The van der Waals surface area contributed by atoms with Crippen LogP contribution in [0.1, 0.15) is 32.5 Å². The molecule has 5 nitrogen and oxygen atoms in total. The van der Waals surface area contributed by atoms with E-state index in [1.54, 1.807) is 6.07 Å². The Morgan fingerprint density at radius 2 is 2.06 bits per heavy atom. The lowest BCUT2D eigenvalue weighted by Crippen LogP contribution is -2.07. The van der Waals surface area contributed by atoms with Crippen LogP contribution in [0.4, 0.5) is 11.6 Å². The Labute approximate surface area is 102 Å². The zero-order valence-electron chi connectivity index (χ0n) is 10.6. The molecular formula is C12H19N5. The highest BCUT2D eigenvalue weighted by molar-refractivity contribution is 5.49. The molecule has 1 aromatic heterocycles. The predicted molar refractivity (Wildman–Crippen MR) is 68.6 cm³/mol. The summed E-state index contributed by atoms with van der Waals surface area (Å²) in [4.78, 5) is 8.36. The third-order valence-corrected chi connectivity index (χ3v) is 2.29. The van der Waals surface area contributed by atoms with Gasteiger partial charge in [-0.25, -0.2) is 9.97 Å². The Morgan fingerprint density at radius 3 is 2.71 bits per heavy atom. The Bertz CT molecular complexity index is 394. The quantitative estimate of drug-likeness (QED) is 0.448. The molecule has 2 N–H and O–H groups in total. The minimum Gasteiger partial charge on any atom is -0.370 e. The van der Waals surface area contributed by atoms with E-state index in [1.165, 1.54) is 6.42 Å². The summed E-state index contributed by atoms with van der Waals surface area (Å²) in [7, 11) is 0. The monoisotopic (exact) mass is 233 g/mol. The Kier molecular flexibility index (Phi) is 5.21. The van der Waals surface area contributed by atoms with Gasteiger partial charge in [-0.2, -0.15) is 5.26 Å². The van der Waals surface area contributed by atoms with Crippen LogP contribution in [0.15, 0.2) is 6.07 Å². The van der Waals surface area contributed by atoms with Gasteiger partial charge in [0.2, 0.25) is 0 Å². The molecule has 0 spiro atoms. The lowest BCUT2D eigenvalue weighted by molar-refractivity contribution is 0.566. The molecule has 0 radical (unpaired) electrons. The molecule has 0 atom stereocenters. The van der Waals surface area contributed by atoms with Crippen molar-refractivity contribution < 1.29 is 0 Å². The number of hydrogen-bond donors (Lipinski definition) is 2. The fourth-order valence-electron chi connectivity index (χ4n) is 1.51. The zero-order valence-corrected chi connectivity index (χ0v) is 10.6. The van der Waals surface area contributed by atoms with E-state index >= 15 is 0 Å². The molecule has 0 saturated heterocycles. The molecule has 0 aliphatic heterocycles. The van der Waals surface area contributed by atoms with Gasteiger partial charge in [-0.05, 0) is 25.7 Å². The van der Waals surface area contributed by atoms with E-state index in [0.29, 0.717) is 11.6 Å². The van der Waals surface area contributed by atoms with Crippen molar-refractivity contribution in [3.05, 3.63) is 11.9 Å². The molecule has 17 heavy (non-hydrogen) atoms. The minimum atomic E-state index is 0.534. The summed E-state index contributed by atoms with van der Waals surface area (Å²) >= 11 is 0. The molecule has 0 aliphatic rings. The van der Waals surface area contributed by atoms with Crippen LogP contribution in [-0.4, -0.2) is 16.5 Å². The second kappa shape index (κ2) is 6.69. The summed E-state index contributed by atoms with van der Waals surface area (Å²) < 4.78 is 0. The molecule has 0 fully saturated rings. The summed E-state index contributed by atoms with van der Waals surface area (Å²) in [5.74, 6) is 2.67. The third-order valence-electron chi connectivity index (χ3n) is 2.29. The van der Waals surface area contributed by atoms with Crippen molar-refractivity contribution in [1.29, 1.82) is 5.26 Å². The van der Waals surface area contributed by atoms with Gasteiger partial charge in [0.05, 0.1) is 0 Å². The van der Waals surface area contributed by atoms with Gasteiger partial charge in [-0.1, -0.05) is 13.8 Å². The lowest BCUT2D eigenvalue weighted by Gasteiger charge is -2.08. The van der Waals surface area contributed by atoms with E-state index in [-0.39, 0.29) is 0 Å². The van der Waals surface area contributed by atoms with Crippen molar-refractivity contribution in [3.63, 3.8) is 0 Å². The second-order valence-electron chi connectivity index (χ2n) is 4.39. The van der Waals surface area contributed by atoms with E-state index in [1.807, 2.05) is 13.1 Å². The van der Waals surface area contributed by atoms with Gasteiger partial charge in [0.1, 0.15) is 17.5 Å². The molecule has 0 bridgehead atoms. The standard InChI is InChI=1S/C12H19N5/c1-9(2)5-4-6-14-11-7-12(15-8-13)17-10(3)16-11/h7,9H,4-6H2,1-3H3,(H2,14,15,16,17). The molecule has 92 valence electrons. The average molecular weight is 233 g/mol. The van der Waals surface area contributed by atoms with Crippen molar-refractivity contribution in [3.8, 4) is 6.19 Å². The molecule has 1 aromatic rings. The summed E-state index contributed by atoms with van der Waals surface area (Å²) in [5, 5.41) is 14.3. The molecule has 0 aromatic carbocycles.